The van der Waals surface area contributed by atoms with Crippen LogP contribution >= 0.6 is 0 Å². The number of imidazole rings is 1. The van der Waals surface area contributed by atoms with Gasteiger partial charge in [0.05, 0.1) is 24.5 Å². The van der Waals surface area contributed by atoms with Gasteiger partial charge in [-0.25, -0.2) is 4.98 Å². The Hall–Kier alpha value is -4.13. The van der Waals surface area contributed by atoms with Crippen LogP contribution in [0.4, 0.5) is 0 Å². The maximum atomic E-state index is 13.3. The lowest BCUT2D eigenvalue weighted by Gasteiger charge is -2.27. The molecule has 2 heterocycles. The molecule has 1 amide bonds. The van der Waals surface area contributed by atoms with Crippen LogP contribution in [0.5, 0.6) is 5.75 Å². The number of carbonyl (C=O) groups excluding carboxylic acids is 2. The van der Waals surface area contributed by atoms with Crippen LogP contribution in [0.25, 0.3) is 6.08 Å². The molecule has 0 radical (unpaired) electrons. The molecule has 1 aromatic heterocycles. The lowest BCUT2D eigenvalue weighted by Crippen LogP contribution is -2.32. The van der Waals surface area contributed by atoms with E-state index in [2.05, 4.69) is 4.98 Å². The molecule has 0 aliphatic carbocycles. The quantitative estimate of drug-likeness (QED) is 0.408. The van der Waals surface area contributed by atoms with Crippen molar-refractivity contribution in [3.63, 3.8) is 0 Å². The third-order valence-corrected chi connectivity index (χ3v) is 5.84. The Morgan fingerprint density at radius 1 is 1.11 bits per heavy atom. The Morgan fingerprint density at radius 2 is 1.89 bits per heavy atom. The normalized spacial score (nSPS) is 15.9. The van der Waals surface area contributed by atoms with E-state index in [1.54, 1.807) is 23.5 Å². The predicted molar refractivity (Wildman–Crippen MR) is 134 cm³/mol. The molecule has 1 unspecified atom stereocenters. The van der Waals surface area contributed by atoms with E-state index in [-0.39, 0.29) is 5.57 Å². The van der Waals surface area contributed by atoms with Gasteiger partial charge in [0.2, 0.25) is 0 Å². The number of aliphatic hydroxyl groups excluding tert-OH is 1. The molecule has 180 valence electrons. The van der Waals surface area contributed by atoms with Crippen molar-refractivity contribution >= 4 is 17.8 Å². The van der Waals surface area contributed by atoms with Crippen molar-refractivity contribution in [2.45, 2.75) is 32.4 Å². The number of aromatic nitrogens is 2. The van der Waals surface area contributed by atoms with Crippen molar-refractivity contribution < 1.29 is 19.4 Å². The molecule has 7 nitrogen and oxygen atoms in total. The van der Waals surface area contributed by atoms with Crippen LogP contribution in [0.2, 0.25) is 0 Å². The average Bonchev–Trinajstić information content (AvgIpc) is 3.49. The van der Waals surface area contributed by atoms with Crippen LogP contribution in [-0.2, 0) is 16.1 Å². The smallest absolute Gasteiger partial charge is 0.290 e. The summed E-state index contributed by atoms with van der Waals surface area (Å²) in [4.78, 5) is 31.9. The van der Waals surface area contributed by atoms with Crippen LogP contribution in [0.15, 0.2) is 90.7 Å². The van der Waals surface area contributed by atoms with Gasteiger partial charge in [-0.1, -0.05) is 55.5 Å². The minimum absolute atomic E-state index is 0.0899. The zero-order valence-electron chi connectivity index (χ0n) is 19.7. The molecule has 0 spiro atoms. The van der Waals surface area contributed by atoms with Crippen LogP contribution in [0.3, 0.4) is 0 Å². The maximum absolute atomic E-state index is 13.3. The van der Waals surface area contributed by atoms with Crippen LogP contribution in [0, 0.1) is 0 Å². The summed E-state index contributed by atoms with van der Waals surface area (Å²) in [6.07, 6.45) is 9.92. The third kappa shape index (κ3) is 5.69. The summed E-state index contributed by atoms with van der Waals surface area (Å²) in [6, 6.07) is 16.1. The number of allylic oxidation sites excluding steroid dienone is 1. The molecule has 0 saturated carbocycles. The Bertz CT molecular complexity index is 1200. The summed E-state index contributed by atoms with van der Waals surface area (Å²) in [5.41, 5.74) is 1.69. The number of benzene rings is 2. The number of ketones is 1. The van der Waals surface area contributed by atoms with Gasteiger partial charge in [-0.05, 0) is 42.2 Å². The van der Waals surface area contributed by atoms with E-state index in [0.29, 0.717) is 26.1 Å². The van der Waals surface area contributed by atoms with Crippen LogP contribution in [-0.4, -0.2) is 44.4 Å². The molecule has 1 aliphatic heterocycles. The first-order valence-electron chi connectivity index (χ1n) is 11.8. The second kappa shape index (κ2) is 11.3. The molecule has 2 aromatic carbocycles. The van der Waals surface area contributed by atoms with E-state index in [4.69, 9.17) is 4.74 Å². The number of amides is 1. The lowest BCUT2D eigenvalue weighted by atomic mass is 9.95. The topological polar surface area (TPSA) is 84.7 Å². The highest BCUT2D eigenvalue weighted by Gasteiger charge is 2.42. The van der Waals surface area contributed by atoms with Crippen molar-refractivity contribution in [1.29, 1.82) is 0 Å². The minimum atomic E-state index is -0.682. The molecule has 7 heteroatoms. The van der Waals surface area contributed by atoms with Gasteiger partial charge in [0.25, 0.3) is 5.91 Å². The van der Waals surface area contributed by atoms with Crippen molar-refractivity contribution in [3.05, 3.63) is 102 Å². The molecular formula is C28H29N3O4. The lowest BCUT2D eigenvalue weighted by molar-refractivity contribution is -0.129. The molecule has 1 N–H and O–H groups in total. The number of carbonyl (C=O) groups is 2. The third-order valence-electron chi connectivity index (χ3n) is 5.84. The summed E-state index contributed by atoms with van der Waals surface area (Å²) >= 11 is 0. The molecule has 4 rings (SSSR count). The van der Waals surface area contributed by atoms with E-state index in [1.165, 1.54) is 6.08 Å². The number of aliphatic hydroxyl groups is 1. The van der Waals surface area contributed by atoms with Gasteiger partial charge < -0.3 is 19.3 Å². The summed E-state index contributed by atoms with van der Waals surface area (Å²) in [7, 11) is 0. The fraction of sp³-hybridized carbons (Fsp3) is 0.250. The molecule has 0 fully saturated rings. The maximum Gasteiger partial charge on any atom is 0.290 e. The summed E-state index contributed by atoms with van der Waals surface area (Å²) in [5, 5.41) is 10.8. The molecule has 1 atom stereocenters. The average molecular weight is 472 g/mol. The van der Waals surface area contributed by atoms with Crippen molar-refractivity contribution in [3.8, 4) is 5.75 Å². The monoisotopic (exact) mass is 471 g/mol. The number of rotatable bonds is 11. The van der Waals surface area contributed by atoms with E-state index < -0.39 is 23.5 Å². The number of hydrogen-bond acceptors (Lipinski definition) is 5. The summed E-state index contributed by atoms with van der Waals surface area (Å²) < 4.78 is 7.61. The zero-order valence-corrected chi connectivity index (χ0v) is 19.7. The predicted octanol–water partition coefficient (Wildman–Crippen LogP) is 4.74. The molecule has 3 aromatic rings. The van der Waals surface area contributed by atoms with Gasteiger partial charge in [-0.3, -0.25) is 9.59 Å². The number of nitrogens with zero attached hydrogens (tertiary/aromatic N) is 3. The number of ether oxygens (including phenoxy) is 1. The Kier molecular flexibility index (Phi) is 7.77. The van der Waals surface area contributed by atoms with Gasteiger partial charge >= 0.3 is 0 Å². The van der Waals surface area contributed by atoms with Crippen molar-refractivity contribution in [1.82, 2.24) is 14.5 Å². The summed E-state index contributed by atoms with van der Waals surface area (Å²) in [5.74, 6) is -0.709. The van der Waals surface area contributed by atoms with Gasteiger partial charge in [-0.2, -0.15) is 0 Å². The second-order valence-corrected chi connectivity index (χ2v) is 8.34. The largest absolute Gasteiger partial charge is 0.503 e. The fourth-order valence-electron chi connectivity index (χ4n) is 4.12. The Balaban J connectivity index is 1.60. The second-order valence-electron chi connectivity index (χ2n) is 8.34. The van der Waals surface area contributed by atoms with E-state index >= 15 is 0 Å². The molecule has 0 bridgehead atoms. The zero-order chi connectivity index (χ0) is 24.6. The van der Waals surface area contributed by atoms with E-state index in [0.717, 1.165) is 23.3 Å². The first-order valence-corrected chi connectivity index (χ1v) is 11.8. The standard InChI is InChI=1S/C28H29N3O4/c1-2-19-35-23-12-10-22(11-13-23)26-25(24(32)14-9-21-7-4-3-5-8-21)27(33)28(34)31(26)17-6-16-30-18-15-29-20-30/h3-5,7-15,18,20,26,33H,2,6,16-17,19H2,1H3. The number of aryl methyl sites for hydroxylation is 1. The molecule has 35 heavy (non-hydrogen) atoms. The Labute approximate surface area is 205 Å². The minimum Gasteiger partial charge on any atom is -0.503 e. The van der Waals surface area contributed by atoms with E-state index in [1.807, 2.05) is 72.3 Å². The molecular weight excluding hydrogens is 442 g/mol. The highest BCUT2D eigenvalue weighted by atomic mass is 16.5. The van der Waals surface area contributed by atoms with Crippen molar-refractivity contribution in [2.24, 2.45) is 0 Å². The van der Waals surface area contributed by atoms with Gasteiger partial charge in [0, 0.05) is 25.5 Å². The molecule has 1 aliphatic rings. The highest BCUT2D eigenvalue weighted by molar-refractivity contribution is 6.14. The van der Waals surface area contributed by atoms with Gasteiger partial charge in [-0.15, -0.1) is 0 Å². The van der Waals surface area contributed by atoms with Gasteiger partial charge in [0.1, 0.15) is 5.75 Å². The van der Waals surface area contributed by atoms with Gasteiger partial charge in [0.15, 0.2) is 11.5 Å². The first kappa shape index (κ1) is 24.0. The summed E-state index contributed by atoms with van der Waals surface area (Å²) in [6.45, 7) is 3.68. The van der Waals surface area contributed by atoms with E-state index in [9.17, 15) is 14.7 Å². The Morgan fingerprint density at radius 3 is 2.57 bits per heavy atom. The SMILES string of the molecule is CCCOc1ccc(C2C(C(=O)C=Cc3ccccc3)=C(O)C(=O)N2CCCn2ccnc2)cc1. The molecule has 0 saturated heterocycles. The highest BCUT2D eigenvalue weighted by Crippen LogP contribution is 2.38. The fourth-order valence-corrected chi connectivity index (χ4v) is 4.12. The van der Waals surface area contributed by atoms with Crippen LogP contribution < -0.4 is 4.74 Å². The van der Waals surface area contributed by atoms with Crippen molar-refractivity contribution in [2.75, 3.05) is 13.2 Å². The number of hydrogen-bond donors (Lipinski definition) is 1. The first-order chi connectivity index (χ1) is 17.1. The van der Waals surface area contributed by atoms with Crippen LogP contribution in [0.1, 0.15) is 36.9 Å².